The maximum Gasteiger partial charge on any atom is 0.261 e. The highest BCUT2D eigenvalue weighted by Crippen LogP contribution is 2.22. The smallest absolute Gasteiger partial charge is 0.261 e. The van der Waals surface area contributed by atoms with Crippen LogP contribution in [0.5, 0.6) is 0 Å². The van der Waals surface area contributed by atoms with Crippen LogP contribution in [0.15, 0.2) is 34.5 Å². The molecule has 0 radical (unpaired) electrons. The zero-order chi connectivity index (χ0) is 14.0. The number of nitrogens with zero attached hydrogens (tertiary/aromatic N) is 1. The van der Waals surface area contributed by atoms with Crippen LogP contribution >= 0.6 is 11.5 Å². The van der Waals surface area contributed by atoms with Crippen molar-refractivity contribution in [2.45, 2.75) is 31.6 Å². The number of aromatic nitrogens is 1. The fraction of sp³-hybridized carbons (Fsp3) is 0.308. The number of anilines is 1. The molecular weight excluding hydrogens is 280 g/mol. The third-order valence-electron chi connectivity index (χ3n) is 2.85. The summed E-state index contributed by atoms with van der Waals surface area (Å²) < 4.78 is 31.0. The summed E-state index contributed by atoms with van der Waals surface area (Å²) in [4.78, 5) is 0.266. The van der Waals surface area contributed by atoms with E-state index in [9.17, 15) is 8.42 Å². The summed E-state index contributed by atoms with van der Waals surface area (Å²) >= 11 is 1.23. The van der Waals surface area contributed by atoms with E-state index in [0.717, 1.165) is 5.56 Å². The molecular formula is C13H16N2O2S2. The quantitative estimate of drug-likeness (QED) is 0.941. The van der Waals surface area contributed by atoms with E-state index in [1.807, 2.05) is 12.1 Å². The lowest BCUT2D eigenvalue weighted by molar-refractivity contribution is 0.601. The molecule has 0 aliphatic carbocycles. The van der Waals surface area contributed by atoms with Crippen LogP contribution in [-0.2, 0) is 10.0 Å². The Labute approximate surface area is 117 Å². The van der Waals surface area contributed by atoms with Crippen LogP contribution in [0.1, 0.15) is 31.0 Å². The van der Waals surface area contributed by atoms with Crippen molar-refractivity contribution in [3.63, 3.8) is 0 Å². The summed E-state index contributed by atoms with van der Waals surface area (Å²) in [5, 5.41) is 1.69. The van der Waals surface area contributed by atoms with E-state index in [-0.39, 0.29) is 4.90 Å². The van der Waals surface area contributed by atoms with Gasteiger partial charge in [-0.1, -0.05) is 26.0 Å². The van der Waals surface area contributed by atoms with Gasteiger partial charge >= 0.3 is 0 Å². The number of hydrogen-bond acceptors (Lipinski definition) is 4. The Morgan fingerprint density at radius 3 is 2.32 bits per heavy atom. The highest BCUT2D eigenvalue weighted by Gasteiger charge is 2.16. The van der Waals surface area contributed by atoms with E-state index in [0.29, 0.717) is 17.3 Å². The molecule has 6 heteroatoms. The molecule has 0 spiro atoms. The Morgan fingerprint density at radius 1 is 1.21 bits per heavy atom. The number of benzene rings is 1. The van der Waals surface area contributed by atoms with Crippen molar-refractivity contribution in [3.8, 4) is 0 Å². The first-order valence-corrected chi connectivity index (χ1v) is 8.26. The summed E-state index contributed by atoms with van der Waals surface area (Å²) in [5.41, 5.74) is 2.35. The summed E-state index contributed by atoms with van der Waals surface area (Å²) in [6.07, 6.45) is 0. The van der Waals surface area contributed by atoms with Crippen molar-refractivity contribution in [3.05, 3.63) is 40.9 Å². The lowest BCUT2D eigenvalue weighted by Gasteiger charge is -2.09. The van der Waals surface area contributed by atoms with Crippen LogP contribution in [0.3, 0.4) is 0 Å². The first kappa shape index (κ1) is 14.0. The fourth-order valence-corrected chi connectivity index (χ4v) is 3.45. The molecule has 0 atom stereocenters. The van der Waals surface area contributed by atoms with E-state index in [1.54, 1.807) is 24.4 Å². The van der Waals surface area contributed by atoms with E-state index in [4.69, 9.17) is 0 Å². The van der Waals surface area contributed by atoms with E-state index in [2.05, 4.69) is 22.9 Å². The molecule has 4 nitrogen and oxygen atoms in total. The van der Waals surface area contributed by atoms with Crippen molar-refractivity contribution in [1.82, 2.24) is 4.37 Å². The van der Waals surface area contributed by atoms with Crippen LogP contribution in [0.25, 0.3) is 0 Å². The molecule has 2 aromatic rings. The number of hydrogen-bond donors (Lipinski definition) is 1. The minimum Gasteiger partial charge on any atom is -0.277 e. The lowest BCUT2D eigenvalue weighted by atomic mass is 10.0. The molecule has 0 bridgehead atoms. The number of rotatable bonds is 4. The van der Waals surface area contributed by atoms with Gasteiger partial charge in [0, 0.05) is 5.38 Å². The van der Waals surface area contributed by atoms with Gasteiger partial charge in [0.15, 0.2) is 0 Å². The van der Waals surface area contributed by atoms with Crippen molar-refractivity contribution >= 4 is 27.2 Å². The molecule has 0 amide bonds. The number of sulfonamides is 1. The molecule has 1 N–H and O–H groups in total. The van der Waals surface area contributed by atoms with Crippen molar-refractivity contribution in [2.75, 3.05) is 4.72 Å². The summed E-state index contributed by atoms with van der Waals surface area (Å²) in [5.74, 6) is 0.382. The lowest BCUT2D eigenvalue weighted by Crippen LogP contribution is -2.13. The van der Waals surface area contributed by atoms with Gasteiger partial charge in [-0.2, -0.15) is 4.37 Å². The summed E-state index contributed by atoms with van der Waals surface area (Å²) in [7, 11) is -3.53. The van der Waals surface area contributed by atoms with E-state index >= 15 is 0 Å². The molecule has 0 fully saturated rings. The number of aryl methyl sites for hydroxylation is 1. The minimum absolute atomic E-state index is 0.266. The molecule has 0 saturated heterocycles. The minimum atomic E-state index is -3.53. The predicted octanol–water partition coefficient (Wildman–Crippen LogP) is 3.38. The molecule has 1 aromatic carbocycles. The molecule has 0 saturated carbocycles. The maximum atomic E-state index is 12.2. The maximum absolute atomic E-state index is 12.2. The third-order valence-corrected chi connectivity index (χ3v) is 4.95. The predicted molar refractivity (Wildman–Crippen MR) is 78.2 cm³/mol. The average Bonchev–Trinajstić information content (AvgIpc) is 2.74. The molecule has 1 heterocycles. The molecule has 19 heavy (non-hydrogen) atoms. The van der Waals surface area contributed by atoms with Gasteiger partial charge in [-0.15, -0.1) is 0 Å². The van der Waals surface area contributed by atoms with E-state index < -0.39 is 10.0 Å². The molecule has 0 aliphatic heterocycles. The van der Waals surface area contributed by atoms with Crippen LogP contribution < -0.4 is 4.72 Å². The largest absolute Gasteiger partial charge is 0.277 e. The van der Waals surface area contributed by atoms with Gasteiger partial charge in [-0.05, 0) is 42.1 Å². The molecule has 2 rings (SSSR count). The van der Waals surface area contributed by atoms with Crippen LogP contribution in [0, 0.1) is 6.92 Å². The Kier molecular flexibility index (Phi) is 3.91. The molecule has 102 valence electrons. The monoisotopic (exact) mass is 296 g/mol. The van der Waals surface area contributed by atoms with Crippen LogP contribution in [0.2, 0.25) is 0 Å². The molecule has 0 unspecified atom stereocenters. The zero-order valence-corrected chi connectivity index (χ0v) is 12.7. The Hall–Kier alpha value is -1.40. The topological polar surface area (TPSA) is 59.1 Å². The summed E-state index contributed by atoms with van der Waals surface area (Å²) in [6.45, 7) is 5.92. The molecule has 0 aliphatic rings. The Balaban J connectivity index is 2.27. The Morgan fingerprint density at radius 2 is 1.84 bits per heavy atom. The SMILES string of the molecule is Cc1nscc1NS(=O)(=O)c1ccc(C(C)C)cc1. The first-order valence-electron chi connectivity index (χ1n) is 5.94. The van der Waals surface area contributed by atoms with Gasteiger partial charge in [-0.3, -0.25) is 4.72 Å². The van der Waals surface area contributed by atoms with Crippen LogP contribution in [-0.4, -0.2) is 12.8 Å². The molecule has 1 aromatic heterocycles. The van der Waals surface area contributed by atoms with Gasteiger partial charge < -0.3 is 0 Å². The van der Waals surface area contributed by atoms with Crippen molar-refractivity contribution in [1.29, 1.82) is 0 Å². The fourth-order valence-electron chi connectivity index (χ4n) is 1.63. The highest BCUT2D eigenvalue weighted by atomic mass is 32.2. The van der Waals surface area contributed by atoms with Gasteiger partial charge in [0.05, 0.1) is 16.3 Å². The van der Waals surface area contributed by atoms with Gasteiger partial charge in [0.25, 0.3) is 10.0 Å². The Bertz CT molecular complexity index is 658. The third kappa shape index (κ3) is 3.13. The highest BCUT2D eigenvalue weighted by molar-refractivity contribution is 7.92. The van der Waals surface area contributed by atoms with E-state index in [1.165, 1.54) is 11.5 Å². The number of nitrogens with one attached hydrogen (secondary N) is 1. The van der Waals surface area contributed by atoms with Crippen molar-refractivity contribution < 1.29 is 8.42 Å². The van der Waals surface area contributed by atoms with Crippen LogP contribution in [0.4, 0.5) is 5.69 Å². The second-order valence-corrected chi connectivity index (χ2v) is 6.95. The average molecular weight is 296 g/mol. The van der Waals surface area contributed by atoms with Gasteiger partial charge in [0.1, 0.15) is 0 Å². The second kappa shape index (κ2) is 5.30. The zero-order valence-electron chi connectivity index (χ0n) is 11.0. The van der Waals surface area contributed by atoms with Crippen molar-refractivity contribution in [2.24, 2.45) is 0 Å². The standard InChI is InChI=1S/C13H16N2O2S2/c1-9(2)11-4-6-12(7-5-11)19(16,17)15-13-8-18-14-10(13)3/h4-9,15H,1-3H3. The normalized spacial score (nSPS) is 11.8. The summed E-state index contributed by atoms with van der Waals surface area (Å²) in [6, 6.07) is 6.95. The van der Waals surface area contributed by atoms with Gasteiger partial charge in [-0.25, -0.2) is 8.42 Å². The van der Waals surface area contributed by atoms with Gasteiger partial charge in [0.2, 0.25) is 0 Å². The first-order chi connectivity index (χ1) is 8.90. The second-order valence-electron chi connectivity index (χ2n) is 4.64.